The molecule has 0 aliphatic carbocycles. The highest BCUT2D eigenvalue weighted by Gasteiger charge is 2.18. The summed E-state index contributed by atoms with van der Waals surface area (Å²) in [5.74, 6) is 0. The van der Waals surface area contributed by atoms with E-state index in [2.05, 4.69) is 290 Å². The Morgan fingerprint density at radius 3 is 0.855 bits per heavy atom. The Balaban J connectivity index is 0.904. The SMILES string of the molecule is c1ccc(-c2ccccc2-c2ccccc2-c2ccccc2-c2ccc(N(c3ccc(-c4ccc(-c5cccc6ccccc56)cc4)cc3)c3ccc(-c4cccc5ccccc45)cc3)cc2)cc1. The smallest absolute Gasteiger partial charge is 0.0462 e. The minimum Gasteiger partial charge on any atom is -0.311 e. The highest BCUT2D eigenvalue weighted by atomic mass is 15.1. The molecule has 1 heteroatoms. The van der Waals surface area contributed by atoms with Gasteiger partial charge in [0.25, 0.3) is 0 Å². The van der Waals surface area contributed by atoms with Crippen LogP contribution in [0.5, 0.6) is 0 Å². The summed E-state index contributed by atoms with van der Waals surface area (Å²) in [5, 5.41) is 5.02. The molecular weight excluding hydrogens is 831 g/mol. The average Bonchev–Trinajstić information content (AvgIpc) is 3.44. The van der Waals surface area contributed by atoms with E-state index in [1.165, 1.54) is 93.9 Å². The summed E-state index contributed by atoms with van der Waals surface area (Å²) in [4.78, 5) is 2.37. The maximum Gasteiger partial charge on any atom is 0.0462 e. The van der Waals surface area contributed by atoms with Gasteiger partial charge in [-0.25, -0.2) is 0 Å². The zero-order chi connectivity index (χ0) is 45.9. The third-order valence-corrected chi connectivity index (χ3v) is 13.6. The zero-order valence-electron chi connectivity index (χ0n) is 38.1. The van der Waals surface area contributed by atoms with E-state index in [0.29, 0.717) is 0 Å². The Morgan fingerprint density at radius 1 is 0.159 bits per heavy atom. The number of rotatable bonds is 10. The van der Waals surface area contributed by atoms with Gasteiger partial charge >= 0.3 is 0 Å². The molecular formula is C68H47N. The summed E-state index contributed by atoms with van der Waals surface area (Å²) >= 11 is 0. The Kier molecular flexibility index (Phi) is 11.0. The average molecular weight is 878 g/mol. The minimum atomic E-state index is 1.08. The largest absolute Gasteiger partial charge is 0.311 e. The molecule has 0 atom stereocenters. The predicted octanol–water partition coefficient (Wildman–Crippen LogP) is 19.1. The first-order valence-corrected chi connectivity index (χ1v) is 23.7. The number of fused-ring (bicyclic) bond motifs is 2. The number of nitrogens with zero attached hydrogens (tertiary/aromatic N) is 1. The molecule has 0 N–H and O–H groups in total. The summed E-state index contributed by atoms with van der Waals surface area (Å²) in [7, 11) is 0. The molecule has 12 aromatic carbocycles. The second-order valence-corrected chi connectivity index (χ2v) is 17.6. The van der Waals surface area contributed by atoms with Gasteiger partial charge in [0.05, 0.1) is 0 Å². The Morgan fingerprint density at radius 2 is 0.420 bits per heavy atom. The van der Waals surface area contributed by atoms with Crippen molar-refractivity contribution in [1.29, 1.82) is 0 Å². The monoisotopic (exact) mass is 877 g/mol. The lowest BCUT2D eigenvalue weighted by molar-refractivity contribution is 1.28. The normalized spacial score (nSPS) is 11.2. The third-order valence-electron chi connectivity index (χ3n) is 13.6. The molecule has 0 aromatic heterocycles. The van der Waals surface area contributed by atoms with E-state index in [1.54, 1.807) is 0 Å². The van der Waals surface area contributed by atoms with Crippen LogP contribution >= 0.6 is 0 Å². The molecule has 0 aliphatic rings. The van der Waals surface area contributed by atoms with Gasteiger partial charge in [-0.3, -0.25) is 0 Å². The van der Waals surface area contributed by atoms with Crippen molar-refractivity contribution in [3.63, 3.8) is 0 Å². The molecule has 0 radical (unpaired) electrons. The van der Waals surface area contributed by atoms with E-state index in [4.69, 9.17) is 0 Å². The van der Waals surface area contributed by atoms with E-state index < -0.39 is 0 Å². The number of anilines is 3. The topological polar surface area (TPSA) is 3.24 Å². The van der Waals surface area contributed by atoms with Crippen LogP contribution in [0.3, 0.4) is 0 Å². The van der Waals surface area contributed by atoms with Crippen molar-refractivity contribution in [2.45, 2.75) is 0 Å². The van der Waals surface area contributed by atoms with Crippen molar-refractivity contribution >= 4 is 38.6 Å². The van der Waals surface area contributed by atoms with Crippen LogP contribution < -0.4 is 4.90 Å². The molecule has 0 fully saturated rings. The fourth-order valence-corrected chi connectivity index (χ4v) is 10.1. The van der Waals surface area contributed by atoms with Gasteiger partial charge in [-0.05, 0) is 136 Å². The predicted molar refractivity (Wildman–Crippen MR) is 294 cm³/mol. The summed E-state index contributed by atoms with van der Waals surface area (Å²) in [6.45, 7) is 0. The molecule has 0 unspecified atom stereocenters. The van der Waals surface area contributed by atoms with Gasteiger partial charge in [0.2, 0.25) is 0 Å². The van der Waals surface area contributed by atoms with Gasteiger partial charge in [-0.2, -0.15) is 0 Å². The van der Waals surface area contributed by atoms with Gasteiger partial charge < -0.3 is 4.90 Å². The van der Waals surface area contributed by atoms with E-state index >= 15 is 0 Å². The lowest BCUT2D eigenvalue weighted by Crippen LogP contribution is -2.09. The lowest BCUT2D eigenvalue weighted by atomic mass is 9.87. The van der Waals surface area contributed by atoms with Crippen LogP contribution in [-0.2, 0) is 0 Å². The molecule has 69 heavy (non-hydrogen) atoms. The fraction of sp³-hybridized carbons (Fsp3) is 0. The van der Waals surface area contributed by atoms with Crippen molar-refractivity contribution in [3.05, 3.63) is 285 Å². The lowest BCUT2D eigenvalue weighted by Gasteiger charge is -2.26. The Bertz CT molecular complexity index is 3730. The Hall–Kier alpha value is -9.04. The highest BCUT2D eigenvalue weighted by molar-refractivity contribution is 5.99. The highest BCUT2D eigenvalue weighted by Crippen LogP contribution is 2.43. The molecule has 324 valence electrons. The van der Waals surface area contributed by atoms with E-state index in [9.17, 15) is 0 Å². The van der Waals surface area contributed by atoms with Crippen LogP contribution in [0.25, 0.3) is 99.4 Å². The maximum absolute atomic E-state index is 2.37. The molecule has 0 aliphatic heterocycles. The fourth-order valence-electron chi connectivity index (χ4n) is 10.1. The maximum atomic E-state index is 2.37. The molecule has 0 saturated carbocycles. The van der Waals surface area contributed by atoms with Crippen LogP contribution in [0.15, 0.2) is 285 Å². The second kappa shape index (κ2) is 18.3. The van der Waals surface area contributed by atoms with Crippen molar-refractivity contribution in [3.8, 4) is 77.9 Å². The van der Waals surface area contributed by atoms with Crippen LogP contribution in [0.4, 0.5) is 17.1 Å². The second-order valence-electron chi connectivity index (χ2n) is 17.6. The van der Waals surface area contributed by atoms with Gasteiger partial charge in [0.1, 0.15) is 0 Å². The first kappa shape index (κ1) is 41.4. The van der Waals surface area contributed by atoms with Crippen LogP contribution in [0, 0.1) is 0 Å². The van der Waals surface area contributed by atoms with Gasteiger partial charge in [0.15, 0.2) is 0 Å². The molecule has 0 saturated heterocycles. The molecule has 0 heterocycles. The summed E-state index contributed by atoms with van der Waals surface area (Å²) in [5.41, 5.74) is 20.1. The van der Waals surface area contributed by atoms with Crippen LogP contribution in [-0.4, -0.2) is 0 Å². The van der Waals surface area contributed by atoms with E-state index in [1.807, 2.05) is 0 Å². The molecule has 12 aromatic rings. The third kappa shape index (κ3) is 8.07. The number of benzene rings is 12. The van der Waals surface area contributed by atoms with Crippen molar-refractivity contribution in [1.82, 2.24) is 0 Å². The van der Waals surface area contributed by atoms with Gasteiger partial charge in [-0.1, -0.05) is 249 Å². The summed E-state index contributed by atoms with van der Waals surface area (Å²) in [6.07, 6.45) is 0. The number of hydrogen-bond acceptors (Lipinski definition) is 1. The molecule has 0 spiro atoms. The van der Waals surface area contributed by atoms with Crippen LogP contribution in [0.1, 0.15) is 0 Å². The summed E-state index contributed by atoms with van der Waals surface area (Å²) < 4.78 is 0. The van der Waals surface area contributed by atoms with E-state index in [-0.39, 0.29) is 0 Å². The Labute approximate surface area is 404 Å². The first-order chi connectivity index (χ1) is 34.2. The summed E-state index contributed by atoms with van der Waals surface area (Å²) in [6, 6.07) is 103. The van der Waals surface area contributed by atoms with E-state index in [0.717, 1.165) is 22.6 Å². The van der Waals surface area contributed by atoms with Gasteiger partial charge in [0, 0.05) is 17.1 Å². The number of hydrogen-bond donors (Lipinski definition) is 0. The van der Waals surface area contributed by atoms with Crippen molar-refractivity contribution < 1.29 is 0 Å². The molecule has 0 bridgehead atoms. The van der Waals surface area contributed by atoms with Crippen molar-refractivity contribution in [2.24, 2.45) is 0 Å². The minimum absolute atomic E-state index is 1.08. The van der Waals surface area contributed by atoms with Crippen LogP contribution in [0.2, 0.25) is 0 Å². The zero-order valence-corrected chi connectivity index (χ0v) is 38.1. The quantitative estimate of drug-likeness (QED) is 0.132. The molecule has 1 nitrogen and oxygen atoms in total. The molecule has 0 amide bonds. The van der Waals surface area contributed by atoms with Crippen molar-refractivity contribution in [2.75, 3.05) is 4.90 Å². The first-order valence-electron chi connectivity index (χ1n) is 23.7. The van der Waals surface area contributed by atoms with Gasteiger partial charge in [-0.15, -0.1) is 0 Å². The molecule has 12 rings (SSSR count). The standard InChI is InChI=1S/C68H47N/c1-2-16-50(17-3-1)63-24-8-10-26-65(63)67-28-12-13-29-68(67)66-27-11-9-25-64(66)55-40-46-58(47-41-55)69(57-44-38-54(39-45-57)62-31-15-21-52-19-5-7-23-60(52)62)56-42-36-49(37-43-56)48-32-34-53(35-33-48)61-30-14-20-51-18-4-6-22-59(51)61/h1-47H.